The molecule has 8 heteroatoms. The molecule has 2 rings (SSSR count). The summed E-state index contributed by atoms with van der Waals surface area (Å²) in [4.78, 5) is -0.234. The van der Waals surface area contributed by atoms with Gasteiger partial charge in [-0.05, 0) is 25.0 Å². The first-order valence-corrected chi connectivity index (χ1v) is 7.57. The predicted octanol–water partition coefficient (Wildman–Crippen LogP) is 1.21. The lowest BCUT2D eigenvalue weighted by atomic mass is 10.1. The van der Waals surface area contributed by atoms with E-state index in [-0.39, 0.29) is 22.2 Å². The molecule has 1 aliphatic heterocycles. The molecule has 1 aliphatic rings. The van der Waals surface area contributed by atoms with Crippen molar-refractivity contribution in [1.82, 2.24) is 4.31 Å². The van der Waals surface area contributed by atoms with E-state index in [2.05, 4.69) is 0 Å². The van der Waals surface area contributed by atoms with E-state index in [0.29, 0.717) is 19.4 Å². The molecule has 0 aliphatic carbocycles. The maximum Gasteiger partial charge on any atom is 0.244 e. The zero-order valence-corrected chi connectivity index (χ0v) is 11.6. The van der Waals surface area contributed by atoms with Crippen LogP contribution in [-0.4, -0.2) is 37.0 Å². The van der Waals surface area contributed by atoms with E-state index in [0.717, 1.165) is 16.4 Å². The van der Waals surface area contributed by atoms with Gasteiger partial charge in [-0.25, -0.2) is 12.8 Å². The number of anilines is 1. The normalized spacial score (nSPS) is 21.5. The van der Waals surface area contributed by atoms with Gasteiger partial charge in [-0.15, -0.1) is 0 Å². The van der Waals surface area contributed by atoms with Crippen molar-refractivity contribution in [2.24, 2.45) is 0 Å². The van der Waals surface area contributed by atoms with Crippen LogP contribution in [0.3, 0.4) is 0 Å². The minimum absolute atomic E-state index is 0.00986. The summed E-state index contributed by atoms with van der Waals surface area (Å²) in [7, 11) is -3.87. The van der Waals surface area contributed by atoms with Crippen LogP contribution in [0.15, 0.2) is 17.0 Å². The van der Waals surface area contributed by atoms with Crippen molar-refractivity contribution in [3.8, 4) is 0 Å². The number of nitrogens with zero attached hydrogens (tertiary/aromatic N) is 1. The highest BCUT2D eigenvalue weighted by Gasteiger charge is 2.31. The number of nitrogens with two attached hydrogens (primary N) is 1. The quantitative estimate of drug-likeness (QED) is 0.804. The summed E-state index contributed by atoms with van der Waals surface area (Å²) >= 11 is 5.78. The Kier molecular flexibility index (Phi) is 4.00. The molecule has 0 aromatic heterocycles. The lowest BCUT2D eigenvalue weighted by molar-refractivity contribution is 0.108. The molecule has 19 heavy (non-hydrogen) atoms. The van der Waals surface area contributed by atoms with Crippen LogP contribution in [0.25, 0.3) is 0 Å². The third kappa shape index (κ3) is 2.84. The lowest BCUT2D eigenvalue weighted by Gasteiger charge is -2.29. The van der Waals surface area contributed by atoms with Crippen LogP contribution in [-0.2, 0) is 10.0 Å². The Hall–Kier alpha value is -0.890. The van der Waals surface area contributed by atoms with Crippen molar-refractivity contribution in [2.75, 3.05) is 18.8 Å². The van der Waals surface area contributed by atoms with Gasteiger partial charge in [-0.3, -0.25) is 0 Å². The van der Waals surface area contributed by atoms with E-state index < -0.39 is 21.9 Å². The van der Waals surface area contributed by atoms with Crippen LogP contribution in [0.4, 0.5) is 10.1 Å². The molecule has 1 aromatic rings. The number of sulfonamides is 1. The number of halogens is 2. The highest BCUT2D eigenvalue weighted by atomic mass is 35.5. The number of hydrogen-bond donors (Lipinski definition) is 2. The van der Waals surface area contributed by atoms with Gasteiger partial charge in [-0.2, -0.15) is 4.31 Å². The number of benzene rings is 1. The zero-order chi connectivity index (χ0) is 14.2. The van der Waals surface area contributed by atoms with E-state index in [1.807, 2.05) is 0 Å². The molecule has 106 valence electrons. The largest absolute Gasteiger partial charge is 0.396 e. The van der Waals surface area contributed by atoms with Crippen LogP contribution >= 0.6 is 11.6 Å². The molecule has 5 nitrogen and oxygen atoms in total. The van der Waals surface area contributed by atoms with Crippen molar-refractivity contribution in [2.45, 2.75) is 23.8 Å². The third-order valence-corrected chi connectivity index (χ3v) is 5.36. The number of piperidine rings is 1. The molecule has 1 heterocycles. The summed E-state index contributed by atoms with van der Waals surface area (Å²) in [5.41, 5.74) is 5.10. The molecular weight excluding hydrogens is 295 g/mol. The van der Waals surface area contributed by atoms with Crippen molar-refractivity contribution in [1.29, 1.82) is 0 Å². The second-order valence-electron chi connectivity index (χ2n) is 4.46. The van der Waals surface area contributed by atoms with Crippen molar-refractivity contribution in [3.05, 3.63) is 23.0 Å². The van der Waals surface area contributed by atoms with E-state index in [1.54, 1.807) is 0 Å². The molecule has 1 aromatic carbocycles. The minimum Gasteiger partial charge on any atom is -0.396 e. The minimum atomic E-state index is -3.87. The van der Waals surface area contributed by atoms with Crippen molar-refractivity contribution in [3.63, 3.8) is 0 Å². The summed E-state index contributed by atoms with van der Waals surface area (Å²) in [6.07, 6.45) is 0.431. The van der Waals surface area contributed by atoms with E-state index in [4.69, 9.17) is 17.3 Å². The fourth-order valence-corrected chi connectivity index (χ4v) is 4.06. The highest BCUT2D eigenvalue weighted by Crippen LogP contribution is 2.30. The summed E-state index contributed by atoms with van der Waals surface area (Å²) in [5, 5.41) is 9.32. The van der Waals surface area contributed by atoms with Crippen LogP contribution in [0, 0.1) is 5.82 Å². The van der Waals surface area contributed by atoms with Gasteiger partial charge in [0.15, 0.2) is 0 Å². The molecule has 1 fully saturated rings. The molecular formula is C11H14ClFN2O3S. The van der Waals surface area contributed by atoms with Gasteiger partial charge in [0, 0.05) is 13.1 Å². The SMILES string of the molecule is Nc1cc(S(=O)(=O)N2CCCC(O)C2)c(Cl)cc1F. The highest BCUT2D eigenvalue weighted by molar-refractivity contribution is 7.89. The van der Waals surface area contributed by atoms with E-state index in [9.17, 15) is 17.9 Å². The standard InChI is InChI=1S/C11H14ClFN2O3S/c12-8-4-9(13)10(14)5-11(8)19(17,18)15-3-1-2-7(16)6-15/h4-5,7,16H,1-3,6,14H2. The Morgan fingerprint density at radius 1 is 1.47 bits per heavy atom. The van der Waals surface area contributed by atoms with Gasteiger partial charge in [0.25, 0.3) is 0 Å². The van der Waals surface area contributed by atoms with Gasteiger partial charge in [0.2, 0.25) is 10.0 Å². The zero-order valence-electron chi connectivity index (χ0n) is 10.0. The van der Waals surface area contributed by atoms with Gasteiger partial charge in [0.05, 0.1) is 16.8 Å². The van der Waals surface area contributed by atoms with Gasteiger partial charge < -0.3 is 10.8 Å². The monoisotopic (exact) mass is 308 g/mol. The van der Waals surface area contributed by atoms with Crippen molar-refractivity contribution < 1.29 is 17.9 Å². The van der Waals surface area contributed by atoms with Crippen LogP contribution in [0.2, 0.25) is 5.02 Å². The van der Waals surface area contributed by atoms with Gasteiger partial charge >= 0.3 is 0 Å². The summed E-state index contributed by atoms with van der Waals surface area (Å²) in [6.45, 7) is 0.308. The maximum atomic E-state index is 13.2. The summed E-state index contributed by atoms with van der Waals surface area (Å²) in [6, 6.07) is 1.89. The van der Waals surface area contributed by atoms with Gasteiger partial charge in [0.1, 0.15) is 10.7 Å². The average molecular weight is 309 g/mol. The summed E-state index contributed by atoms with van der Waals surface area (Å²) < 4.78 is 39.1. The van der Waals surface area contributed by atoms with Crippen LogP contribution in [0.5, 0.6) is 0 Å². The molecule has 0 amide bonds. The number of nitrogen functional groups attached to an aromatic ring is 1. The molecule has 3 N–H and O–H groups in total. The first-order valence-electron chi connectivity index (χ1n) is 5.75. The molecule has 0 saturated carbocycles. The lowest BCUT2D eigenvalue weighted by Crippen LogP contribution is -2.42. The average Bonchev–Trinajstić information content (AvgIpc) is 2.33. The van der Waals surface area contributed by atoms with Crippen LogP contribution < -0.4 is 5.73 Å². The second kappa shape index (κ2) is 5.24. The maximum absolute atomic E-state index is 13.2. The smallest absolute Gasteiger partial charge is 0.244 e. The molecule has 0 spiro atoms. The molecule has 1 unspecified atom stereocenters. The molecule has 0 radical (unpaired) electrons. The topological polar surface area (TPSA) is 83.6 Å². The van der Waals surface area contributed by atoms with Crippen molar-refractivity contribution >= 4 is 27.3 Å². The third-order valence-electron chi connectivity index (χ3n) is 3.03. The molecule has 0 bridgehead atoms. The summed E-state index contributed by atoms with van der Waals surface area (Å²) in [5.74, 6) is -0.761. The fourth-order valence-electron chi connectivity index (χ4n) is 2.02. The first-order chi connectivity index (χ1) is 8.82. The number of hydrogen-bond acceptors (Lipinski definition) is 4. The fraction of sp³-hybridized carbons (Fsp3) is 0.455. The number of β-amino-alcohol motifs (C(OH)–C–C–N with tert-alkyl or cyclic N) is 1. The Morgan fingerprint density at radius 3 is 2.79 bits per heavy atom. The first kappa shape index (κ1) is 14.5. The Balaban J connectivity index is 2.42. The molecule has 1 saturated heterocycles. The van der Waals surface area contributed by atoms with E-state index >= 15 is 0 Å². The number of rotatable bonds is 2. The van der Waals surface area contributed by atoms with Crippen LogP contribution in [0.1, 0.15) is 12.8 Å². The second-order valence-corrected chi connectivity index (χ2v) is 6.78. The number of aliphatic hydroxyl groups excluding tert-OH is 1. The van der Waals surface area contributed by atoms with E-state index in [1.165, 1.54) is 0 Å². The van der Waals surface area contributed by atoms with Gasteiger partial charge in [-0.1, -0.05) is 11.6 Å². The predicted molar refractivity (Wildman–Crippen MR) is 69.8 cm³/mol. The number of aliphatic hydroxyl groups is 1. The Labute approximate surface area is 115 Å². The molecule has 1 atom stereocenters. The Morgan fingerprint density at radius 2 is 2.16 bits per heavy atom. The Bertz CT molecular complexity index is 594.